The molecule has 2 N–H and O–H groups in total. The normalized spacial score (nSPS) is 11.7. The van der Waals surface area contributed by atoms with E-state index in [1.54, 1.807) is 50.6 Å². The highest BCUT2D eigenvalue weighted by molar-refractivity contribution is 6.33. The van der Waals surface area contributed by atoms with Crippen LogP contribution >= 0.6 is 11.6 Å². The SMILES string of the molecule is COc1ccc([C@@H](CO)N(C)C(=O)Nc2ccccc2Cl)cc1. The van der Waals surface area contributed by atoms with E-state index in [9.17, 15) is 9.90 Å². The molecule has 6 heteroatoms. The van der Waals surface area contributed by atoms with Crippen molar-refractivity contribution in [2.75, 3.05) is 26.1 Å². The highest BCUT2D eigenvalue weighted by atomic mass is 35.5. The standard InChI is InChI=1S/C17H19ClN2O3/c1-20(17(22)19-15-6-4-3-5-14(15)18)16(11-21)12-7-9-13(23-2)10-8-12/h3-10,16,21H,11H2,1-2H3,(H,19,22)/t16-/m1/s1. The maximum Gasteiger partial charge on any atom is 0.322 e. The molecule has 0 bridgehead atoms. The number of carbonyl (C=O) groups is 1. The number of anilines is 1. The number of hydrogen-bond donors (Lipinski definition) is 2. The highest BCUT2D eigenvalue weighted by Gasteiger charge is 2.21. The first-order valence-corrected chi connectivity index (χ1v) is 7.47. The molecule has 0 heterocycles. The van der Waals surface area contributed by atoms with Crippen LogP contribution in [0.15, 0.2) is 48.5 Å². The van der Waals surface area contributed by atoms with Gasteiger partial charge in [0, 0.05) is 7.05 Å². The van der Waals surface area contributed by atoms with Gasteiger partial charge in [-0.3, -0.25) is 0 Å². The Morgan fingerprint density at radius 3 is 2.48 bits per heavy atom. The number of aliphatic hydroxyl groups excluding tert-OH is 1. The van der Waals surface area contributed by atoms with E-state index in [1.165, 1.54) is 4.90 Å². The summed E-state index contributed by atoms with van der Waals surface area (Å²) >= 11 is 6.04. The second kappa shape index (κ2) is 7.85. The zero-order chi connectivity index (χ0) is 16.8. The summed E-state index contributed by atoms with van der Waals surface area (Å²) in [5.74, 6) is 0.716. The van der Waals surface area contributed by atoms with Crippen LogP contribution in [0.4, 0.5) is 10.5 Å². The van der Waals surface area contributed by atoms with Crippen LogP contribution in [0.1, 0.15) is 11.6 Å². The smallest absolute Gasteiger partial charge is 0.322 e. The molecule has 2 aromatic rings. The van der Waals surface area contributed by atoms with Gasteiger partial charge in [0.05, 0.1) is 30.5 Å². The summed E-state index contributed by atoms with van der Waals surface area (Å²) in [5, 5.41) is 12.9. The van der Waals surface area contributed by atoms with Gasteiger partial charge in [-0.2, -0.15) is 0 Å². The molecule has 0 aromatic heterocycles. The van der Waals surface area contributed by atoms with Crippen LogP contribution in [0.3, 0.4) is 0 Å². The number of methoxy groups -OCH3 is 1. The van der Waals surface area contributed by atoms with Crippen molar-refractivity contribution < 1.29 is 14.6 Å². The molecule has 0 spiro atoms. The minimum Gasteiger partial charge on any atom is -0.497 e. The van der Waals surface area contributed by atoms with Crippen molar-refractivity contribution in [2.45, 2.75) is 6.04 Å². The number of urea groups is 1. The van der Waals surface area contributed by atoms with Crippen LogP contribution in [0.25, 0.3) is 0 Å². The number of carbonyl (C=O) groups excluding carboxylic acids is 1. The average Bonchev–Trinajstić information content (AvgIpc) is 2.58. The molecule has 122 valence electrons. The van der Waals surface area contributed by atoms with Crippen molar-refractivity contribution in [1.29, 1.82) is 0 Å². The first kappa shape index (κ1) is 17.1. The monoisotopic (exact) mass is 334 g/mol. The maximum atomic E-state index is 12.4. The summed E-state index contributed by atoms with van der Waals surface area (Å²) in [5.41, 5.74) is 1.34. The molecule has 5 nitrogen and oxygen atoms in total. The van der Waals surface area contributed by atoms with Crippen molar-refractivity contribution in [2.24, 2.45) is 0 Å². The molecule has 0 unspecified atom stereocenters. The molecule has 2 aromatic carbocycles. The lowest BCUT2D eigenvalue weighted by molar-refractivity contribution is 0.159. The number of nitrogens with zero attached hydrogens (tertiary/aromatic N) is 1. The first-order valence-electron chi connectivity index (χ1n) is 7.10. The number of para-hydroxylation sites is 1. The minimum absolute atomic E-state index is 0.196. The third kappa shape index (κ3) is 4.15. The van der Waals surface area contributed by atoms with Gasteiger partial charge in [-0.05, 0) is 29.8 Å². The fraction of sp³-hybridized carbons (Fsp3) is 0.235. The van der Waals surface area contributed by atoms with E-state index < -0.39 is 6.04 Å². The van der Waals surface area contributed by atoms with Gasteiger partial charge in [0.15, 0.2) is 0 Å². The minimum atomic E-state index is -0.469. The Hall–Kier alpha value is -2.24. The summed E-state index contributed by atoms with van der Waals surface area (Å²) in [6, 6.07) is 13.4. The van der Waals surface area contributed by atoms with Crippen LogP contribution in [0.5, 0.6) is 5.75 Å². The van der Waals surface area contributed by atoms with Crippen molar-refractivity contribution >= 4 is 23.3 Å². The van der Waals surface area contributed by atoms with Gasteiger partial charge in [-0.1, -0.05) is 35.9 Å². The Morgan fingerprint density at radius 1 is 1.26 bits per heavy atom. The van der Waals surface area contributed by atoms with Crippen molar-refractivity contribution in [3.63, 3.8) is 0 Å². The third-order valence-corrected chi connectivity index (χ3v) is 3.91. The van der Waals surface area contributed by atoms with Crippen LogP contribution < -0.4 is 10.1 Å². The number of ether oxygens (including phenoxy) is 1. The summed E-state index contributed by atoms with van der Waals surface area (Å²) in [7, 11) is 3.21. The molecule has 0 aliphatic carbocycles. The lowest BCUT2D eigenvalue weighted by Gasteiger charge is -2.27. The molecule has 0 radical (unpaired) electrons. The topological polar surface area (TPSA) is 61.8 Å². The molecule has 2 amide bonds. The van der Waals surface area contributed by atoms with Gasteiger partial charge in [0.25, 0.3) is 0 Å². The molecule has 2 rings (SSSR count). The van der Waals surface area contributed by atoms with Crippen molar-refractivity contribution in [3.05, 3.63) is 59.1 Å². The molecular formula is C17H19ClN2O3. The Morgan fingerprint density at radius 2 is 1.91 bits per heavy atom. The first-order chi connectivity index (χ1) is 11.1. The Balaban J connectivity index is 2.13. The van der Waals surface area contributed by atoms with Crippen LogP contribution in [0, 0.1) is 0 Å². The summed E-state index contributed by atoms with van der Waals surface area (Å²) in [6.07, 6.45) is 0. The number of rotatable bonds is 5. The van der Waals surface area contributed by atoms with E-state index in [0.717, 1.165) is 5.56 Å². The number of halogens is 1. The van der Waals surface area contributed by atoms with Crippen LogP contribution in [-0.2, 0) is 0 Å². The molecule has 23 heavy (non-hydrogen) atoms. The molecule has 0 saturated carbocycles. The van der Waals surface area contributed by atoms with E-state index in [1.807, 2.05) is 12.1 Å². The molecule has 0 aliphatic rings. The number of aliphatic hydroxyl groups is 1. The van der Waals surface area contributed by atoms with Gasteiger partial charge in [-0.25, -0.2) is 4.79 Å². The number of likely N-dealkylation sites (N-methyl/N-ethyl adjacent to an activating group) is 1. The van der Waals surface area contributed by atoms with Crippen molar-refractivity contribution in [3.8, 4) is 5.75 Å². The van der Waals surface area contributed by atoms with E-state index >= 15 is 0 Å². The zero-order valence-electron chi connectivity index (χ0n) is 13.0. The Bertz CT molecular complexity index is 661. The average molecular weight is 335 g/mol. The van der Waals surface area contributed by atoms with E-state index in [2.05, 4.69) is 5.32 Å². The molecular weight excluding hydrogens is 316 g/mol. The van der Waals surface area contributed by atoms with E-state index in [4.69, 9.17) is 16.3 Å². The number of hydrogen-bond acceptors (Lipinski definition) is 3. The lowest BCUT2D eigenvalue weighted by Crippen LogP contribution is -2.36. The number of amides is 2. The second-order valence-electron chi connectivity index (χ2n) is 4.99. The maximum absolute atomic E-state index is 12.4. The Labute approximate surface area is 140 Å². The molecule has 0 saturated heterocycles. The van der Waals surface area contributed by atoms with Gasteiger partial charge >= 0.3 is 6.03 Å². The Kier molecular flexibility index (Phi) is 5.84. The second-order valence-corrected chi connectivity index (χ2v) is 5.40. The van der Waals surface area contributed by atoms with E-state index in [0.29, 0.717) is 16.5 Å². The van der Waals surface area contributed by atoms with Gasteiger partial charge in [0.2, 0.25) is 0 Å². The van der Waals surface area contributed by atoms with Gasteiger partial charge < -0.3 is 20.1 Å². The predicted octanol–water partition coefficient (Wildman–Crippen LogP) is 3.55. The van der Waals surface area contributed by atoms with E-state index in [-0.39, 0.29) is 12.6 Å². The summed E-state index contributed by atoms with van der Waals surface area (Å²) in [4.78, 5) is 13.8. The fourth-order valence-electron chi connectivity index (χ4n) is 2.19. The zero-order valence-corrected chi connectivity index (χ0v) is 13.7. The molecule has 0 aliphatic heterocycles. The molecule has 1 atom stereocenters. The highest BCUT2D eigenvalue weighted by Crippen LogP contribution is 2.24. The summed E-state index contributed by atoms with van der Waals surface area (Å²) in [6.45, 7) is -0.196. The summed E-state index contributed by atoms with van der Waals surface area (Å²) < 4.78 is 5.11. The number of benzene rings is 2. The molecule has 0 fully saturated rings. The number of nitrogens with one attached hydrogen (secondary N) is 1. The van der Waals surface area contributed by atoms with Crippen LogP contribution in [0.2, 0.25) is 5.02 Å². The van der Waals surface area contributed by atoms with Gasteiger partial charge in [-0.15, -0.1) is 0 Å². The quantitative estimate of drug-likeness (QED) is 0.879. The fourth-order valence-corrected chi connectivity index (χ4v) is 2.37. The predicted molar refractivity (Wildman–Crippen MR) is 91.1 cm³/mol. The van der Waals surface area contributed by atoms with Crippen LogP contribution in [-0.4, -0.2) is 36.8 Å². The van der Waals surface area contributed by atoms with Crippen molar-refractivity contribution in [1.82, 2.24) is 4.90 Å². The van der Waals surface area contributed by atoms with Gasteiger partial charge in [0.1, 0.15) is 5.75 Å². The largest absolute Gasteiger partial charge is 0.497 e. The third-order valence-electron chi connectivity index (χ3n) is 3.58. The lowest BCUT2D eigenvalue weighted by atomic mass is 10.1.